The van der Waals surface area contributed by atoms with Crippen molar-refractivity contribution in [3.8, 4) is 0 Å². The summed E-state index contributed by atoms with van der Waals surface area (Å²) in [5.41, 5.74) is 0. The van der Waals surface area contributed by atoms with Gasteiger partial charge in [0.15, 0.2) is 0 Å². The Morgan fingerprint density at radius 3 is 2.63 bits per heavy atom. The van der Waals surface area contributed by atoms with Crippen molar-refractivity contribution in [3.05, 3.63) is 30.1 Å². The van der Waals surface area contributed by atoms with Crippen molar-refractivity contribution < 1.29 is 23.8 Å². The van der Waals surface area contributed by atoms with Crippen LogP contribution in [0.15, 0.2) is 29.2 Å². The molecule has 0 unspecified atom stereocenters. The zero-order valence-electron chi connectivity index (χ0n) is 10.1. The molecule has 0 aromatic heterocycles. The van der Waals surface area contributed by atoms with Gasteiger partial charge in [-0.05, 0) is 24.3 Å². The molecular formula is C12H14FNO4S. The van der Waals surface area contributed by atoms with Gasteiger partial charge in [0.1, 0.15) is 12.4 Å². The number of nitrogens with one attached hydrogen (secondary N) is 1. The molecule has 0 spiro atoms. The molecule has 0 saturated heterocycles. The third kappa shape index (κ3) is 7.43. The number of carboxylic acids is 1. The normalized spacial score (nSPS) is 10.2. The van der Waals surface area contributed by atoms with Gasteiger partial charge in [0.25, 0.3) is 0 Å². The Balaban J connectivity index is 2.11. The highest BCUT2D eigenvalue weighted by Gasteiger charge is 2.03. The van der Waals surface area contributed by atoms with Crippen molar-refractivity contribution in [1.29, 1.82) is 0 Å². The molecule has 7 heteroatoms. The zero-order valence-corrected chi connectivity index (χ0v) is 10.9. The van der Waals surface area contributed by atoms with Crippen LogP contribution in [0.3, 0.4) is 0 Å². The minimum absolute atomic E-state index is 0.152. The first-order valence-corrected chi connectivity index (χ1v) is 6.51. The van der Waals surface area contributed by atoms with Crippen LogP contribution in [0, 0.1) is 5.82 Å². The molecule has 0 heterocycles. The van der Waals surface area contributed by atoms with E-state index in [0.717, 1.165) is 4.90 Å². The van der Waals surface area contributed by atoms with Crippen molar-refractivity contribution in [2.75, 3.05) is 25.5 Å². The number of halogens is 1. The summed E-state index contributed by atoms with van der Waals surface area (Å²) in [4.78, 5) is 22.3. The van der Waals surface area contributed by atoms with Crippen molar-refractivity contribution >= 4 is 23.6 Å². The summed E-state index contributed by atoms with van der Waals surface area (Å²) in [7, 11) is 0. The first-order valence-electron chi connectivity index (χ1n) is 5.52. The number of carbonyl (C=O) groups excluding carboxylic acids is 1. The topological polar surface area (TPSA) is 75.6 Å². The molecule has 0 fully saturated rings. The van der Waals surface area contributed by atoms with Crippen molar-refractivity contribution in [2.24, 2.45) is 0 Å². The Kier molecular flexibility index (Phi) is 6.91. The smallest absolute Gasteiger partial charge is 0.329 e. The molecule has 0 aliphatic carbocycles. The fourth-order valence-corrected chi connectivity index (χ4v) is 1.88. The number of carboxylic acid groups (broad SMARTS) is 1. The van der Waals surface area contributed by atoms with E-state index in [1.807, 2.05) is 0 Å². The van der Waals surface area contributed by atoms with Gasteiger partial charge in [0.05, 0.1) is 12.4 Å². The van der Waals surface area contributed by atoms with E-state index in [0.29, 0.717) is 0 Å². The molecule has 19 heavy (non-hydrogen) atoms. The molecule has 0 aliphatic heterocycles. The molecule has 0 atom stereocenters. The van der Waals surface area contributed by atoms with Gasteiger partial charge in [-0.3, -0.25) is 4.79 Å². The van der Waals surface area contributed by atoms with E-state index in [4.69, 9.17) is 9.84 Å². The molecule has 5 nitrogen and oxygen atoms in total. The average molecular weight is 287 g/mol. The number of rotatable bonds is 8. The fraction of sp³-hybridized carbons (Fsp3) is 0.333. The highest BCUT2D eigenvalue weighted by molar-refractivity contribution is 8.00. The molecule has 104 valence electrons. The van der Waals surface area contributed by atoms with Crippen LogP contribution in [-0.2, 0) is 14.3 Å². The molecule has 1 aromatic carbocycles. The molecule has 0 saturated carbocycles. The second-order valence-corrected chi connectivity index (χ2v) is 4.59. The van der Waals surface area contributed by atoms with Crippen LogP contribution in [0.5, 0.6) is 0 Å². The van der Waals surface area contributed by atoms with Gasteiger partial charge in [-0.15, -0.1) is 11.8 Å². The van der Waals surface area contributed by atoms with Crippen LogP contribution in [0.1, 0.15) is 0 Å². The summed E-state index contributed by atoms with van der Waals surface area (Å²) >= 11 is 1.29. The Morgan fingerprint density at radius 1 is 1.32 bits per heavy atom. The molecule has 1 amide bonds. The highest BCUT2D eigenvalue weighted by Crippen LogP contribution is 2.17. The van der Waals surface area contributed by atoms with Crippen LogP contribution in [-0.4, -0.2) is 42.5 Å². The number of aliphatic carboxylic acids is 1. The number of hydrogen-bond acceptors (Lipinski definition) is 4. The first-order chi connectivity index (χ1) is 9.08. The van der Waals surface area contributed by atoms with E-state index < -0.39 is 5.97 Å². The van der Waals surface area contributed by atoms with E-state index in [1.165, 1.54) is 23.9 Å². The summed E-state index contributed by atoms with van der Waals surface area (Å²) in [6.45, 7) is 0.0372. The molecule has 0 aliphatic rings. The summed E-state index contributed by atoms with van der Waals surface area (Å²) < 4.78 is 17.4. The predicted molar refractivity (Wildman–Crippen MR) is 68.6 cm³/mol. The Bertz CT molecular complexity index is 424. The lowest BCUT2D eigenvalue weighted by Gasteiger charge is -2.05. The number of thioether (sulfide) groups is 1. The molecular weight excluding hydrogens is 273 g/mol. The number of carbonyl (C=O) groups is 2. The van der Waals surface area contributed by atoms with Gasteiger partial charge in [-0.25, -0.2) is 9.18 Å². The SMILES string of the molecule is O=C(O)COCCNC(=O)CSc1ccc(F)cc1. The van der Waals surface area contributed by atoms with E-state index in [-0.39, 0.29) is 37.2 Å². The Labute approximate surface area is 114 Å². The van der Waals surface area contributed by atoms with E-state index in [2.05, 4.69) is 5.32 Å². The summed E-state index contributed by atoms with van der Waals surface area (Å²) in [6, 6.07) is 5.87. The van der Waals surface area contributed by atoms with Gasteiger partial charge < -0.3 is 15.2 Å². The highest BCUT2D eigenvalue weighted by atomic mass is 32.2. The van der Waals surface area contributed by atoms with Crippen molar-refractivity contribution in [3.63, 3.8) is 0 Å². The number of benzene rings is 1. The van der Waals surface area contributed by atoms with Gasteiger partial charge in [-0.2, -0.15) is 0 Å². The number of hydrogen-bond donors (Lipinski definition) is 2. The average Bonchev–Trinajstić information content (AvgIpc) is 2.37. The molecule has 1 rings (SSSR count). The first kappa shape index (κ1) is 15.5. The van der Waals surface area contributed by atoms with Crippen LogP contribution in [0.4, 0.5) is 4.39 Å². The zero-order chi connectivity index (χ0) is 14.1. The second kappa shape index (κ2) is 8.49. The summed E-state index contributed by atoms with van der Waals surface area (Å²) in [5.74, 6) is -1.33. The Hall–Kier alpha value is -1.60. The maximum atomic E-state index is 12.6. The molecule has 1 aromatic rings. The number of amides is 1. The summed E-state index contributed by atoms with van der Waals surface area (Å²) in [6.07, 6.45) is 0. The van der Waals surface area contributed by atoms with Gasteiger partial charge in [-0.1, -0.05) is 0 Å². The molecule has 0 bridgehead atoms. The van der Waals surface area contributed by atoms with Crippen LogP contribution >= 0.6 is 11.8 Å². The van der Waals surface area contributed by atoms with Gasteiger partial charge in [0.2, 0.25) is 5.91 Å². The van der Waals surface area contributed by atoms with Crippen LogP contribution in [0.2, 0.25) is 0 Å². The van der Waals surface area contributed by atoms with Gasteiger partial charge >= 0.3 is 5.97 Å². The predicted octanol–water partition coefficient (Wildman–Crippen LogP) is 1.14. The molecule has 2 N–H and O–H groups in total. The lowest BCUT2D eigenvalue weighted by molar-refractivity contribution is -0.142. The Morgan fingerprint density at radius 2 is 2.00 bits per heavy atom. The van der Waals surface area contributed by atoms with Crippen molar-refractivity contribution in [2.45, 2.75) is 4.90 Å². The van der Waals surface area contributed by atoms with Gasteiger partial charge in [0, 0.05) is 11.4 Å². The maximum Gasteiger partial charge on any atom is 0.329 e. The van der Waals surface area contributed by atoms with Crippen molar-refractivity contribution in [1.82, 2.24) is 5.32 Å². The van der Waals surface area contributed by atoms with E-state index in [9.17, 15) is 14.0 Å². The summed E-state index contributed by atoms with van der Waals surface area (Å²) in [5, 5.41) is 10.9. The standard InChI is InChI=1S/C12H14FNO4S/c13-9-1-3-10(4-2-9)19-8-11(15)14-5-6-18-7-12(16)17/h1-4H,5-8H2,(H,14,15)(H,16,17). The van der Waals surface area contributed by atoms with Crippen LogP contribution < -0.4 is 5.32 Å². The monoisotopic (exact) mass is 287 g/mol. The minimum Gasteiger partial charge on any atom is -0.480 e. The lowest BCUT2D eigenvalue weighted by atomic mass is 10.4. The minimum atomic E-state index is -1.04. The largest absolute Gasteiger partial charge is 0.480 e. The second-order valence-electron chi connectivity index (χ2n) is 3.54. The quantitative estimate of drug-likeness (QED) is 0.554. The molecule has 0 radical (unpaired) electrons. The number of ether oxygens (including phenoxy) is 1. The van der Waals surface area contributed by atoms with E-state index in [1.54, 1.807) is 12.1 Å². The third-order valence-electron chi connectivity index (χ3n) is 1.98. The maximum absolute atomic E-state index is 12.6. The van der Waals surface area contributed by atoms with E-state index >= 15 is 0 Å². The lowest BCUT2D eigenvalue weighted by Crippen LogP contribution is -2.29. The fourth-order valence-electron chi connectivity index (χ4n) is 1.15. The van der Waals surface area contributed by atoms with Crippen LogP contribution in [0.25, 0.3) is 0 Å². The third-order valence-corrected chi connectivity index (χ3v) is 2.99.